The summed E-state index contributed by atoms with van der Waals surface area (Å²) in [6.45, 7) is 5.91. The monoisotopic (exact) mass is 294 g/mol. The van der Waals surface area contributed by atoms with Gasteiger partial charge in [-0.25, -0.2) is 0 Å². The Morgan fingerprint density at radius 2 is 2.20 bits per heavy atom. The molecule has 4 heteroatoms. The molecule has 1 heterocycles. The van der Waals surface area contributed by atoms with Crippen LogP contribution in [-0.4, -0.2) is 30.8 Å². The second-order valence-electron chi connectivity index (χ2n) is 6.04. The molecule has 2 N–H and O–H groups in total. The first kappa shape index (κ1) is 14.2. The molecule has 0 radical (unpaired) electrons. The summed E-state index contributed by atoms with van der Waals surface area (Å²) in [5.74, 6) is 1.08. The number of aliphatic hydroxyl groups excluding tert-OH is 1. The molecule has 1 aromatic rings. The lowest BCUT2D eigenvalue weighted by Crippen LogP contribution is -2.24. The van der Waals surface area contributed by atoms with E-state index in [1.165, 1.54) is 5.56 Å². The first-order valence-corrected chi connectivity index (χ1v) is 7.99. The van der Waals surface area contributed by atoms with Gasteiger partial charge in [-0.05, 0) is 43.0 Å². The average molecular weight is 295 g/mol. The van der Waals surface area contributed by atoms with E-state index in [0.717, 1.165) is 49.7 Å². The average Bonchev–Trinajstić information content (AvgIpc) is 2.99. The summed E-state index contributed by atoms with van der Waals surface area (Å²) in [5, 5.41) is 14.1. The van der Waals surface area contributed by atoms with Crippen LogP contribution in [0.1, 0.15) is 25.3 Å². The van der Waals surface area contributed by atoms with E-state index in [1.54, 1.807) is 0 Å². The smallest absolute Gasteiger partial charge is 0.0642 e. The van der Waals surface area contributed by atoms with Crippen LogP contribution in [0, 0.1) is 11.8 Å². The molecule has 1 saturated heterocycles. The number of hydrogen-bond donors (Lipinski definition) is 2. The Labute approximate surface area is 125 Å². The van der Waals surface area contributed by atoms with Crippen LogP contribution >= 0.6 is 11.6 Å². The van der Waals surface area contributed by atoms with Crippen LogP contribution in [0.15, 0.2) is 18.2 Å². The summed E-state index contributed by atoms with van der Waals surface area (Å²) < 4.78 is 0. The van der Waals surface area contributed by atoms with Gasteiger partial charge in [-0.2, -0.15) is 0 Å². The Morgan fingerprint density at radius 1 is 1.35 bits per heavy atom. The van der Waals surface area contributed by atoms with Crippen LogP contribution in [0.25, 0.3) is 0 Å². The van der Waals surface area contributed by atoms with Crippen molar-refractivity contribution in [1.29, 1.82) is 0 Å². The molecular weight excluding hydrogens is 272 g/mol. The van der Waals surface area contributed by atoms with Gasteiger partial charge in [0.1, 0.15) is 0 Å². The van der Waals surface area contributed by atoms with Crippen molar-refractivity contribution < 1.29 is 5.11 Å². The van der Waals surface area contributed by atoms with Crippen LogP contribution in [-0.2, 0) is 6.54 Å². The number of rotatable bonds is 4. The van der Waals surface area contributed by atoms with Gasteiger partial charge < -0.3 is 15.3 Å². The topological polar surface area (TPSA) is 35.5 Å². The molecule has 0 bridgehead atoms. The molecule has 0 spiro atoms. The minimum atomic E-state index is -0.114. The van der Waals surface area contributed by atoms with Crippen LogP contribution < -0.4 is 10.2 Å². The molecule has 0 amide bonds. The van der Waals surface area contributed by atoms with Crippen molar-refractivity contribution in [2.24, 2.45) is 11.8 Å². The third-order valence-electron chi connectivity index (χ3n) is 4.75. The lowest BCUT2D eigenvalue weighted by molar-refractivity contribution is 0.133. The van der Waals surface area contributed by atoms with Gasteiger partial charge in [-0.15, -0.1) is 0 Å². The molecule has 1 aromatic carbocycles. The minimum Gasteiger partial charge on any atom is -0.393 e. The zero-order valence-electron chi connectivity index (χ0n) is 12.0. The largest absolute Gasteiger partial charge is 0.393 e. The molecule has 3 rings (SSSR count). The Kier molecular flexibility index (Phi) is 4.20. The second-order valence-corrected chi connectivity index (χ2v) is 6.45. The number of hydrogen-bond acceptors (Lipinski definition) is 3. The number of aliphatic hydroxyl groups is 1. The molecule has 1 saturated carbocycles. The quantitative estimate of drug-likeness (QED) is 0.896. The predicted molar refractivity (Wildman–Crippen MR) is 83.3 cm³/mol. The molecule has 3 nitrogen and oxygen atoms in total. The van der Waals surface area contributed by atoms with E-state index in [-0.39, 0.29) is 6.10 Å². The van der Waals surface area contributed by atoms with E-state index in [2.05, 4.69) is 35.3 Å². The molecule has 2 fully saturated rings. The highest BCUT2D eigenvalue weighted by atomic mass is 35.5. The Bertz CT molecular complexity index is 480. The fraction of sp³-hybridized carbons (Fsp3) is 0.625. The van der Waals surface area contributed by atoms with Crippen molar-refractivity contribution in [3.63, 3.8) is 0 Å². The van der Waals surface area contributed by atoms with Crippen LogP contribution in [0.3, 0.4) is 0 Å². The van der Waals surface area contributed by atoms with E-state index in [0.29, 0.717) is 11.8 Å². The Balaban J connectivity index is 1.72. The summed E-state index contributed by atoms with van der Waals surface area (Å²) in [4.78, 5) is 2.34. The number of anilines is 1. The highest BCUT2D eigenvalue weighted by molar-refractivity contribution is 6.33. The lowest BCUT2D eigenvalue weighted by atomic mass is 10.00. The number of fused-ring (bicyclic) bond motifs is 1. The number of nitrogens with one attached hydrogen (secondary N) is 1. The van der Waals surface area contributed by atoms with Gasteiger partial charge in [-0.1, -0.05) is 24.6 Å². The maximum Gasteiger partial charge on any atom is 0.0642 e. The Morgan fingerprint density at radius 3 is 2.90 bits per heavy atom. The van der Waals surface area contributed by atoms with E-state index in [4.69, 9.17) is 11.6 Å². The number of nitrogens with zero attached hydrogens (tertiary/aromatic N) is 1. The van der Waals surface area contributed by atoms with Crippen molar-refractivity contribution in [1.82, 2.24) is 5.32 Å². The van der Waals surface area contributed by atoms with Crippen molar-refractivity contribution in [2.45, 2.75) is 32.4 Å². The van der Waals surface area contributed by atoms with Crippen LogP contribution in [0.2, 0.25) is 5.02 Å². The maximum absolute atomic E-state index is 10.0. The lowest BCUT2D eigenvalue weighted by Gasteiger charge is -2.22. The minimum absolute atomic E-state index is 0.114. The van der Waals surface area contributed by atoms with E-state index in [1.807, 2.05) is 0 Å². The highest BCUT2D eigenvalue weighted by Gasteiger charge is 2.42. The molecule has 2 aliphatic rings. The summed E-state index contributed by atoms with van der Waals surface area (Å²) >= 11 is 6.45. The van der Waals surface area contributed by atoms with Gasteiger partial charge in [-0.3, -0.25) is 0 Å². The van der Waals surface area contributed by atoms with E-state index >= 15 is 0 Å². The maximum atomic E-state index is 10.0. The van der Waals surface area contributed by atoms with Crippen LogP contribution in [0.4, 0.5) is 5.69 Å². The summed E-state index contributed by atoms with van der Waals surface area (Å²) in [7, 11) is 0. The van der Waals surface area contributed by atoms with Crippen molar-refractivity contribution in [3.05, 3.63) is 28.8 Å². The first-order chi connectivity index (χ1) is 9.69. The Hall–Kier alpha value is -0.770. The highest BCUT2D eigenvalue weighted by Crippen LogP contribution is 2.41. The normalized spacial score (nSPS) is 28.9. The third-order valence-corrected chi connectivity index (χ3v) is 5.05. The molecule has 110 valence electrons. The molecule has 0 aromatic heterocycles. The molecule has 3 atom stereocenters. The van der Waals surface area contributed by atoms with Gasteiger partial charge in [0.15, 0.2) is 0 Å². The molecule has 20 heavy (non-hydrogen) atoms. The van der Waals surface area contributed by atoms with Gasteiger partial charge in [0.2, 0.25) is 0 Å². The molecular formula is C16H23ClN2O. The fourth-order valence-corrected chi connectivity index (χ4v) is 3.94. The molecule has 3 unspecified atom stereocenters. The van der Waals surface area contributed by atoms with E-state index < -0.39 is 0 Å². The van der Waals surface area contributed by atoms with Gasteiger partial charge >= 0.3 is 0 Å². The van der Waals surface area contributed by atoms with Gasteiger partial charge in [0.25, 0.3) is 0 Å². The summed E-state index contributed by atoms with van der Waals surface area (Å²) in [6, 6.07) is 6.33. The molecule has 1 aliphatic heterocycles. The summed E-state index contributed by atoms with van der Waals surface area (Å²) in [6.07, 6.45) is 2.01. The zero-order valence-corrected chi connectivity index (χ0v) is 12.7. The standard InChI is InChI=1S/C16H23ClN2O/c1-2-18-8-11-3-5-15(14(17)7-11)19-9-12-4-6-16(20)13(12)10-19/h3,5,7,12-13,16,18,20H,2,4,6,8-10H2,1H3. The zero-order chi connectivity index (χ0) is 14.1. The van der Waals surface area contributed by atoms with E-state index in [9.17, 15) is 5.11 Å². The predicted octanol–water partition coefficient (Wildman–Crippen LogP) is 2.66. The number of benzene rings is 1. The first-order valence-electron chi connectivity index (χ1n) is 7.61. The number of halogens is 1. The van der Waals surface area contributed by atoms with Crippen molar-refractivity contribution in [3.8, 4) is 0 Å². The summed E-state index contributed by atoms with van der Waals surface area (Å²) in [5.41, 5.74) is 2.34. The SMILES string of the molecule is CCNCc1ccc(N2CC3CCC(O)C3C2)c(Cl)c1. The van der Waals surface area contributed by atoms with Crippen molar-refractivity contribution in [2.75, 3.05) is 24.5 Å². The van der Waals surface area contributed by atoms with Crippen LogP contribution in [0.5, 0.6) is 0 Å². The molecule has 1 aliphatic carbocycles. The second kappa shape index (κ2) is 5.92. The van der Waals surface area contributed by atoms with Gasteiger partial charge in [0, 0.05) is 25.6 Å². The fourth-order valence-electron chi connectivity index (χ4n) is 3.62. The van der Waals surface area contributed by atoms with Gasteiger partial charge in [0.05, 0.1) is 16.8 Å². The van der Waals surface area contributed by atoms with Crippen molar-refractivity contribution >= 4 is 17.3 Å². The third kappa shape index (κ3) is 2.67.